The SMILES string of the molecule is O=C(CN1C(=O)[C@@H]2CC=CC[C@H]2C1=O)NC[C@H]1COC(=O)N1. The minimum atomic E-state index is -0.513. The zero-order chi connectivity index (χ0) is 15.7. The molecular weight excluding hydrogens is 290 g/mol. The van der Waals surface area contributed by atoms with Crippen LogP contribution in [0.4, 0.5) is 4.79 Å². The van der Waals surface area contributed by atoms with Crippen LogP contribution in [0.1, 0.15) is 12.8 Å². The van der Waals surface area contributed by atoms with Crippen molar-refractivity contribution in [2.45, 2.75) is 18.9 Å². The van der Waals surface area contributed by atoms with E-state index in [0.29, 0.717) is 12.8 Å². The van der Waals surface area contributed by atoms with E-state index in [1.807, 2.05) is 12.2 Å². The largest absolute Gasteiger partial charge is 0.447 e. The summed E-state index contributed by atoms with van der Waals surface area (Å²) in [5.74, 6) is -1.62. The maximum atomic E-state index is 12.2. The number of carbonyl (C=O) groups excluding carboxylic acids is 4. The average molecular weight is 307 g/mol. The summed E-state index contributed by atoms with van der Waals surface area (Å²) < 4.78 is 4.70. The molecule has 2 saturated heterocycles. The van der Waals surface area contributed by atoms with Crippen molar-refractivity contribution in [1.29, 1.82) is 0 Å². The van der Waals surface area contributed by atoms with E-state index in [2.05, 4.69) is 10.6 Å². The van der Waals surface area contributed by atoms with Crippen LogP contribution in [0.2, 0.25) is 0 Å². The number of nitrogens with zero attached hydrogens (tertiary/aromatic N) is 1. The van der Waals surface area contributed by atoms with Crippen LogP contribution in [-0.4, -0.2) is 54.5 Å². The first-order chi connectivity index (χ1) is 10.6. The number of alkyl carbamates (subject to hydrolysis) is 1. The van der Waals surface area contributed by atoms with Crippen LogP contribution in [-0.2, 0) is 19.1 Å². The molecule has 0 saturated carbocycles. The number of likely N-dealkylation sites (tertiary alicyclic amines) is 1. The van der Waals surface area contributed by atoms with Crippen molar-refractivity contribution in [3.8, 4) is 0 Å². The summed E-state index contributed by atoms with van der Waals surface area (Å²) in [5, 5.41) is 5.13. The summed E-state index contributed by atoms with van der Waals surface area (Å²) in [6.45, 7) is 0.123. The van der Waals surface area contributed by atoms with E-state index in [1.54, 1.807) is 0 Å². The van der Waals surface area contributed by atoms with Gasteiger partial charge in [-0.05, 0) is 12.8 Å². The number of rotatable bonds is 4. The lowest BCUT2D eigenvalue weighted by Crippen LogP contribution is -2.45. The van der Waals surface area contributed by atoms with Gasteiger partial charge in [0, 0.05) is 6.54 Å². The molecule has 1 aliphatic carbocycles. The third-order valence-electron chi connectivity index (χ3n) is 4.18. The smallest absolute Gasteiger partial charge is 0.407 e. The summed E-state index contributed by atoms with van der Waals surface area (Å²) in [6, 6.07) is -0.284. The van der Waals surface area contributed by atoms with Crippen molar-refractivity contribution in [2.24, 2.45) is 11.8 Å². The van der Waals surface area contributed by atoms with Gasteiger partial charge in [0.05, 0.1) is 17.9 Å². The Morgan fingerprint density at radius 3 is 2.41 bits per heavy atom. The molecule has 0 aromatic carbocycles. The van der Waals surface area contributed by atoms with E-state index in [0.717, 1.165) is 4.90 Å². The molecule has 4 amide bonds. The number of cyclic esters (lactones) is 1. The number of nitrogens with one attached hydrogen (secondary N) is 2. The number of carbonyl (C=O) groups is 4. The molecule has 0 spiro atoms. The Morgan fingerprint density at radius 2 is 1.86 bits per heavy atom. The van der Waals surface area contributed by atoms with Gasteiger partial charge in [-0.2, -0.15) is 0 Å². The minimum Gasteiger partial charge on any atom is -0.447 e. The van der Waals surface area contributed by atoms with Crippen LogP contribution in [0.5, 0.6) is 0 Å². The molecule has 2 fully saturated rings. The second-order valence-electron chi connectivity index (χ2n) is 5.66. The minimum absolute atomic E-state index is 0.191. The molecule has 0 aromatic rings. The van der Waals surface area contributed by atoms with Crippen LogP contribution in [0.25, 0.3) is 0 Å². The van der Waals surface area contributed by atoms with E-state index < -0.39 is 12.0 Å². The number of amides is 4. The summed E-state index contributed by atoms with van der Waals surface area (Å²) in [7, 11) is 0. The van der Waals surface area contributed by atoms with Gasteiger partial charge in [0.2, 0.25) is 17.7 Å². The molecule has 3 atom stereocenters. The zero-order valence-electron chi connectivity index (χ0n) is 11.9. The van der Waals surface area contributed by atoms with Gasteiger partial charge >= 0.3 is 6.09 Å². The van der Waals surface area contributed by atoms with Crippen LogP contribution >= 0.6 is 0 Å². The number of allylic oxidation sites excluding steroid dienone is 2. The van der Waals surface area contributed by atoms with Gasteiger partial charge < -0.3 is 15.4 Å². The first-order valence-corrected chi connectivity index (χ1v) is 7.26. The first kappa shape index (κ1) is 14.6. The lowest BCUT2D eigenvalue weighted by Gasteiger charge is -2.15. The lowest BCUT2D eigenvalue weighted by atomic mass is 9.85. The average Bonchev–Trinajstić information content (AvgIpc) is 3.03. The molecule has 22 heavy (non-hydrogen) atoms. The number of imide groups is 1. The summed E-state index contributed by atoms with van der Waals surface area (Å²) in [5.41, 5.74) is 0. The Hall–Kier alpha value is -2.38. The van der Waals surface area contributed by atoms with E-state index in [-0.39, 0.29) is 49.4 Å². The number of fused-ring (bicyclic) bond motifs is 1. The predicted octanol–water partition coefficient (Wildman–Crippen LogP) is -0.838. The van der Waals surface area contributed by atoms with Crippen LogP contribution in [0.15, 0.2) is 12.2 Å². The maximum Gasteiger partial charge on any atom is 0.407 e. The van der Waals surface area contributed by atoms with Crippen molar-refractivity contribution in [3.05, 3.63) is 12.2 Å². The summed E-state index contributed by atoms with van der Waals surface area (Å²) in [4.78, 5) is 48.2. The van der Waals surface area contributed by atoms with Crippen molar-refractivity contribution in [2.75, 3.05) is 19.7 Å². The fourth-order valence-corrected chi connectivity index (χ4v) is 3.00. The highest BCUT2D eigenvalue weighted by Crippen LogP contribution is 2.34. The van der Waals surface area contributed by atoms with Gasteiger partial charge in [-0.1, -0.05) is 12.2 Å². The van der Waals surface area contributed by atoms with E-state index in [4.69, 9.17) is 4.74 Å². The van der Waals surface area contributed by atoms with Crippen LogP contribution in [0.3, 0.4) is 0 Å². The van der Waals surface area contributed by atoms with E-state index in [9.17, 15) is 19.2 Å². The van der Waals surface area contributed by atoms with Gasteiger partial charge in [-0.3, -0.25) is 19.3 Å². The topological polar surface area (TPSA) is 105 Å². The highest BCUT2D eigenvalue weighted by atomic mass is 16.6. The molecule has 8 heteroatoms. The predicted molar refractivity (Wildman–Crippen MR) is 73.4 cm³/mol. The highest BCUT2D eigenvalue weighted by molar-refractivity contribution is 6.07. The molecular formula is C14H17N3O5. The molecule has 118 valence electrons. The first-order valence-electron chi connectivity index (χ1n) is 7.26. The number of hydrogen-bond acceptors (Lipinski definition) is 5. The van der Waals surface area contributed by atoms with Crippen molar-refractivity contribution in [3.63, 3.8) is 0 Å². The number of hydrogen-bond donors (Lipinski definition) is 2. The van der Waals surface area contributed by atoms with Gasteiger partial charge in [-0.15, -0.1) is 0 Å². The van der Waals surface area contributed by atoms with Gasteiger partial charge in [0.1, 0.15) is 13.2 Å². The Kier molecular flexibility index (Phi) is 3.82. The molecule has 0 unspecified atom stereocenters. The van der Waals surface area contributed by atoms with Crippen molar-refractivity contribution < 1.29 is 23.9 Å². The Bertz CT molecular complexity index is 533. The summed E-state index contributed by atoms with van der Waals surface area (Å²) in [6.07, 6.45) is 4.40. The molecule has 3 aliphatic rings. The number of ether oxygens (including phenoxy) is 1. The van der Waals surface area contributed by atoms with Gasteiger partial charge in [0.25, 0.3) is 0 Å². The molecule has 2 heterocycles. The lowest BCUT2D eigenvalue weighted by molar-refractivity contribution is -0.143. The van der Waals surface area contributed by atoms with Crippen LogP contribution in [0, 0.1) is 11.8 Å². The van der Waals surface area contributed by atoms with Crippen molar-refractivity contribution in [1.82, 2.24) is 15.5 Å². The van der Waals surface area contributed by atoms with E-state index in [1.165, 1.54) is 0 Å². The van der Waals surface area contributed by atoms with Crippen LogP contribution < -0.4 is 10.6 Å². The van der Waals surface area contributed by atoms with Crippen molar-refractivity contribution >= 4 is 23.8 Å². The third-order valence-corrected chi connectivity index (χ3v) is 4.18. The fraction of sp³-hybridized carbons (Fsp3) is 0.571. The Balaban J connectivity index is 1.52. The molecule has 0 bridgehead atoms. The molecule has 3 rings (SSSR count). The second-order valence-corrected chi connectivity index (χ2v) is 5.66. The quantitative estimate of drug-likeness (QED) is 0.520. The Morgan fingerprint density at radius 1 is 1.23 bits per heavy atom. The van der Waals surface area contributed by atoms with E-state index >= 15 is 0 Å². The molecule has 0 aromatic heterocycles. The van der Waals surface area contributed by atoms with Gasteiger partial charge in [-0.25, -0.2) is 4.79 Å². The second kappa shape index (κ2) is 5.78. The fourth-order valence-electron chi connectivity index (χ4n) is 3.00. The summed E-state index contributed by atoms with van der Waals surface area (Å²) >= 11 is 0. The molecule has 2 aliphatic heterocycles. The normalized spacial score (nSPS) is 30.1. The molecule has 0 radical (unpaired) electrons. The standard InChI is InChI=1S/C14H17N3O5/c18-11(15-5-8-7-22-14(21)16-8)6-17-12(19)9-3-1-2-4-10(9)13(17)20/h1-2,8-10H,3-7H2,(H,15,18)(H,16,21)/t8-,9+,10+/m0/s1. The third kappa shape index (κ3) is 2.68. The monoisotopic (exact) mass is 307 g/mol. The highest BCUT2D eigenvalue weighted by Gasteiger charge is 2.47. The maximum absolute atomic E-state index is 12.2. The Labute approximate surface area is 126 Å². The molecule has 8 nitrogen and oxygen atoms in total. The van der Waals surface area contributed by atoms with Gasteiger partial charge in [0.15, 0.2) is 0 Å². The molecule has 2 N–H and O–H groups in total. The zero-order valence-corrected chi connectivity index (χ0v) is 11.9.